The van der Waals surface area contributed by atoms with Crippen LogP contribution in [0.25, 0.3) is 10.9 Å². The van der Waals surface area contributed by atoms with E-state index < -0.39 is 0 Å². The Hall–Kier alpha value is -2.94. The van der Waals surface area contributed by atoms with Crippen molar-refractivity contribution in [2.45, 2.75) is 26.4 Å². The van der Waals surface area contributed by atoms with Gasteiger partial charge in [-0.3, -0.25) is 9.69 Å². The second kappa shape index (κ2) is 12.7. The van der Waals surface area contributed by atoms with E-state index in [1.165, 1.54) is 0 Å². The number of pyridine rings is 1. The van der Waals surface area contributed by atoms with E-state index in [4.69, 9.17) is 21.7 Å². The lowest BCUT2D eigenvalue weighted by molar-refractivity contribution is 0.0376. The van der Waals surface area contributed by atoms with Gasteiger partial charge >= 0.3 is 0 Å². The van der Waals surface area contributed by atoms with Crippen LogP contribution >= 0.6 is 12.2 Å². The van der Waals surface area contributed by atoms with E-state index in [0.29, 0.717) is 30.4 Å². The molecule has 2 heterocycles. The van der Waals surface area contributed by atoms with Crippen LogP contribution in [0.5, 0.6) is 5.75 Å². The Labute approximate surface area is 212 Å². The zero-order chi connectivity index (χ0) is 24.5. The molecule has 1 fully saturated rings. The minimum atomic E-state index is -0.102. The molecular formula is C27H34N4O3S. The lowest BCUT2D eigenvalue weighted by atomic mass is 10.1. The van der Waals surface area contributed by atoms with Gasteiger partial charge in [-0.25, -0.2) is 0 Å². The molecule has 0 radical (unpaired) electrons. The van der Waals surface area contributed by atoms with Crippen LogP contribution in [0.1, 0.15) is 24.5 Å². The first-order valence-electron chi connectivity index (χ1n) is 12.3. The van der Waals surface area contributed by atoms with Gasteiger partial charge in [0.1, 0.15) is 5.75 Å². The summed E-state index contributed by atoms with van der Waals surface area (Å²) < 4.78 is 11.1. The van der Waals surface area contributed by atoms with Gasteiger partial charge in [0, 0.05) is 42.6 Å². The highest BCUT2D eigenvalue weighted by Crippen LogP contribution is 2.20. The fourth-order valence-corrected chi connectivity index (χ4v) is 4.48. The summed E-state index contributed by atoms with van der Waals surface area (Å²) in [6.45, 7) is 8.97. The van der Waals surface area contributed by atoms with Gasteiger partial charge in [-0.2, -0.15) is 0 Å². The van der Waals surface area contributed by atoms with Gasteiger partial charge in [-0.1, -0.05) is 30.3 Å². The van der Waals surface area contributed by atoms with Gasteiger partial charge in [-0.15, -0.1) is 0 Å². The molecule has 0 unspecified atom stereocenters. The fraction of sp³-hybridized carbons (Fsp3) is 0.407. The van der Waals surface area contributed by atoms with Crippen LogP contribution in [0.2, 0.25) is 0 Å². The molecule has 1 aliphatic heterocycles. The number of benzene rings is 2. The minimum absolute atomic E-state index is 0.102. The van der Waals surface area contributed by atoms with Crippen molar-refractivity contribution >= 4 is 28.2 Å². The van der Waals surface area contributed by atoms with E-state index in [2.05, 4.69) is 32.2 Å². The monoisotopic (exact) mass is 494 g/mol. The zero-order valence-electron chi connectivity index (χ0n) is 20.3. The van der Waals surface area contributed by atoms with Crippen molar-refractivity contribution in [3.63, 3.8) is 0 Å². The van der Waals surface area contributed by atoms with E-state index in [-0.39, 0.29) is 5.56 Å². The Kier molecular flexibility index (Phi) is 9.11. The molecule has 35 heavy (non-hydrogen) atoms. The first-order chi connectivity index (χ1) is 17.1. The van der Waals surface area contributed by atoms with Crippen molar-refractivity contribution in [3.8, 4) is 5.75 Å². The number of thiocarbonyl (C=S) groups is 1. The van der Waals surface area contributed by atoms with Crippen molar-refractivity contribution in [2.75, 3.05) is 46.0 Å². The van der Waals surface area contributed by atoms with E-state index in [9.17, 15) is 4.79 Å². The molecule has 1 saturated heterocycles. The van der Waals surface area contributed by atoms with Crippen molar-refractivity contribution in [1.82, 2.24) is 20.1 Å². The Bertz CT molecular complexity index is 1160. The third-order valence-electron chi connectivity index (χ3n) is 6.10. The maximum absolute atomic E-state index is 12.9. The second-order valence-electron chi connectivity index (χ2n) is 8.69. The third-order valence-corrected chi connectivity index (χ3v) is 6.50. The standard InChI is InChI=1S/C27H34N4O3S/c1-2-34-24-9-10-25-22(18-24)17-23(26(32)29-25)20-31(19-21-7-4-3-5-8-21)27(35)28-11-6-12-30-13-15-33-16-14-30/h3-5,7-10,17-18H,2,6,11-16,19-20H2,1H3,(H,28,35)(H,29,32). The third kappa shape index (κ3) is 7.27. The van der Waals surface area contributed by atoms with Gasteiger partial charge in [0.05, 0.1) is 26.4 Å². The lowest BCUT2D eigenvalue weighted by Gasteiger charge is -2.28. The summed E-state index contributed by atoms with van der Waals surface area (Å²) in [4.78, 5) is 20.4. The Morgan fingerprint density at radius 2 is 1.94 bits per heavy atom. The summed E-state index contributed by atoms with van der Waals surface area (Å²) in [6.07, 6.45) is 0.996. The Morgan fingerprint density at radius 1 is 1.14 bits per heavy atom. The largest absolute Gasteiger partial charge is 0.494 e. The second-order valence-corrected chi connectivity index (χ2v) is 9.07. The average molecular weight is 495 g/mol. The van der Waals surface area contributed by atoms with Crippen LogP contribution in [-0.4, -0.2) is 65.9 Å². The number of aromatic amines is 1. The normalized spacial score (nSPS) is 14.1. The Balaban J connectivity index is 1.46. The number of ether oxygens (including phenoxy) is 2. The topological polar surface area (TPSA) is 69.8 Å². The molecule has 0 saturated carbocycles. The van der Waals surface area contributed by atoms with Gasteiger partial charge in [0.2, 0.25) is 0 Å². The number of hydrogen-bond acceptors (Lipinski definition) is 5. The molecule has 0 bridgehead atoms. The molecule has 7 nitrogen and oxygen atoms in total. The molecule has 8 heteroatoms. The van der Waals surface area contributed by atoms with Crippen LogP contribution in [0.3, 0.4) is 0 Å². The predicted molar refractivity (Wildman–Crippen MR) is 144 cm³/mol. The highest BCUT2D eigenvalue weighted by molar-refractivity contribution is 7.80. The number of hydrogen-bond donors (Lipinski definition) is 2. The summed E-state index contributed by atoms with van der Waals surface area (Å²) >= 11 is 5.79. The van der Waals surface area contributed by atoms with E-state index in [1.807, 2.05) is 49.4 Å². The van der Waals surface area contributed by atoms with Crippen molar-refractivity contribution < 1.29 is 9.47 Å². The number of H-pyrrole nitrogens is 1. The summed E-state index contributed by atoms with van der Waals surface area (Å²) in [5, 5.41) is 5.00. The van der Waals surface area contributed by atoms with Crippen molar-refractivity contribution in [1.29, 1.82) is 0 Å². The quantitative estimate of drug-likeness (QED) is 0.330. The SMILES string of the molecule is CCOc1ccc2[nH]c(=O)c(CN(Cc3ccccc3)C(=S)NCCCN3CCOCC3)cc2c1. The number of nitrogens with one attached hydrogen (secondary N) is 2. The molecule has 2 N–H and O–H groups in total. The maximum atomic E-state index is 12.9. The number of rotatable bonds is 10. The maximum Gasteiger partial charge on any atom is 0.253 e. The van der Waals surface area contributed by atoms with Crippen LogP contribution in [0.15, 0.2) is 59.4 Å². The first-order valence-corrected chi connectivity index (χ1v) is 12.7. The highest BCUT2D eigenvalue weighted by atomic mass is 32.1. The highest BCUT2D eigenvalue weighted by Gasteiger charge is 2.15. The molecule has 4 rings (SSSR count). The number of nitrogens with zero attached hydrogens (tertiary/aromatic N) is 2. The van der Waals surface area contributed by atoms with E-state index >= 15 is 0 Å². The van der Waals surface area contributed by atoms with Crippen molar-refractivity contribution in [2.24, 2.45) is 0 Å². The van der Waals surface area contributed by atoms with Gasteiger partial charge in [0.15, 0.2) is 5.11 Å². The molecule has 1 aromatic heterocycles. The summed E-state index contributed by atoms with van der Waals surface area (Å²) in [6, 6.07) is 17.8. The summed E-state index contributed by atoms with van der Waals surface area (Å²) in [5.74, 6) is 0.789. The van der Waals surface area contributed by atoms with Crippen molar-refractivity contribution in [3.05, 3.63) is 76.1 Å². The first kappa shape index (κ1) is 25.2. The molecule has 0 atom stereocenters. The summed E-state index contributed by atoms with van der Waals surface area (Å²) in [7, 11) is 0. The molecule has 0 amide bonds. The molecule has 1 aliphatic rings. The Morgan fingerprint density at radius 3 is 2.71 bits per heavy atom. The number of aromatic nitrogens is 1. The van der Waals surface area contributed by atoms with Crippen LogP contribution in [0, 0.1) is 0 Å². The summed E-state index contributed by atoms with van der Waals surface area (Å²) in [5.41, 5.74) is 2.50. The molecule has 0 spiro atoms. The van der Waals surface area contributed by atoms with Gasteiger partial charge in [0.25, 0.3) is 5.56 Å². The van der Waals surface area contributed by atoms with Gasteiger partial charge in [-0.05, 0) is 61.9 Å². The van der Waals surface area contributed by atoms with Crippen LogP contribution < -0.4 is 15.6 Å². The lowest BCUT2D eigenvalue weighted by Crippen LogP contribution is -2.42. The fourth-order valence-electron chi connectivity index (χ4n) is 4.25. The smallest absolute Gasteiger partial charge is 0.253 e. The molecule has 186 valence electrons. The molecule has 3 aromatic rings. The number of morpholine rings is 1. The van der Waals surface area contributed by atoms with E-state index in [0.717, 1.165) is 68.0 Å². The predicted octanol–water partition coefficient (Wildman–Crippen LogP) is 3.53. The van der Waals surface area contributed by atoms with Crippen LogP contribution in [-0.2, 0) is 17.8 Å². The minimum Gasteiger partial charge on any atom is -0.494 e. The van der Waals surface area contributed by atoms with Crippen LogP contribution in [0.4, 0.5) is 0 Å². The molecule has 2 aromatic carbocycles. The zero-order valence-corrected chi connectivity index (χ0v) is 21.1. The van der Waals surface area contributed by atoms with E-state index in [1.54, 1.807) is 0 Å². The molecule has 0 aliphatic carbocycles. The average Bonchev–Trinajstić information content (AvgIpc) is 2.88. The van der Waals surface area contributed by atoms with Gasteiger partial charge < -0.3 is 24.7 Å². The number of fused-ring (bicyclic) bond motifs is 1. The molecular weight excluding hydrogens is 460 g/mol.